The first kappa shape index (κ1) is 17.5. The van der Waals surface area contributed by atoms with Gasteiger partial charge in [-0.1, -0.05) is 24.4 Å². The highest BCUT2D eigenvalue weighted by atomic mass is 35.5. The third-order valence-corrected chi connectivity index (χ3v) is 6.07. The second-order valence-electron chi connectivity index (χ2n) is 6.03. The van der Waals surface area contributed by atoms with Crippen LogP contribution in [0.25, 0.3) is 0 Å². The summed E-state index contributed by atoms with van der Waals surface area (Å²) in [5.74, 6) is 0.847. The van der Waals surface area contributed by atoms with Crippen molar-refractivity contribution in [3.05, 3.63) is 53.4 Å². The van der Waals surface area contributed by atoms with Crippen LogP contribution < -0.4 is 10.0 Å². The molecule has 1 fully saturated rings. The Morgan fingerprint density at radius 3 is 2.46 bits per heavy atom. The van der Waals surface area contributed by atoms with E-state index in [-0.39, 0.29) is 17.0 Å². The number of halogens is 1. The summed E-state index contributed by atoms with van der Waals surface area (Å²) in [6, 6.07) is 9.94. The molecule has 2 N–H and O–H groups in total. The monoisotopic (exact) mass is 368 g/mol. The van der Waals surface area contributed by atoms with Crippen LogP contribution in [0.1, 0.15) is 31.4 Å². The topological polar surface area (TPSA) is 71.3 Å². The van der Waals surface area contributed by atoms with E-state index in [2.05, 4.69) is 10.0 Å². The zero-order valence-electron chi connectivity index (χ0n) is 13.2. The van der Waals surface area contributed by atoms with E-state index < -0.39 is 10.0 Å². The van der Waals surface area contributed by atoms with Crippen molar-refractivity contribution in [3.63, 3.8) is 0 Å². The molecule has 0 aliphatic heterocycles. The normalized spacial score (nSPS) is 21.7. The van der Waals surface area contributed by atoms with E-state index in [1.807, 2.05) is 12.1 Å². The minimum absolute atomic E-state index is 0.0888. The maximum atomic E-state index is 12.6. The van der Waals surface area contributed by atoms with Crippen molar-refractivity contribution in [1.29, 1.82) is 0 Å². The Morgan fingerprint density at radius 2 is 1.79 bits per heavy atom. The Bertz CT molecular complexity index is 745. The summed E-state index contributed by atoms with van der Waals surface area (Å²) in [4.78, 5) is 0.238. The molecule has 2 aromatic rings. The molecule has 5 nitrogen and oxygen atoms in total. The van der Waals surface area contributed by atoms with Gasteiger partial charge < -0.3 is 9.73 Å². The van der Waals surface area contributed by atoms with E-state index in [1.54, 1.807) is 18.4 Å². The molecule has 3 rings (SSSR count). The molecule has 0 amide bonds. The molecule has 0 saturated heterocycles. The van der Waals surface area contributed by atoms with Gasteiger partial charge in [-0.25, -0.2) is 13.1 Å². The largest absolute Gasteiger partial charge is 0.468 e. The van der Waals surface area contributed by atoms with Crippen LogP contribution in [0.3, 0.4) is 0 Å². The second-order valence-corrected chi connectivity index (χ2v) is 8.18. The average molecular weight is 369 g/mol. The number of sulfonamides is 1. The van der Waals surface area contributed by atoms with Crippen LogP contribution in [-0.2, 0) is 16.6 Å². The summed E-state index contributed by atoms with van der Waals surface area (Å²) < 4.78 is 33.4. The Labute approximate surface area is 147 Å². The van der Waals surface area contributed by atoms with Gasteiger partial charge in [-0.2, -0.15) is 0 Å². The Balaban J connectivity index is 1.67. The third kappa shape index (κ3) is 4.39. The predicted octanol–water partition coefficient (Wildman–Crippen LogP) is 3.31. The molecular weight excluding hydrogens is 348 g/mol. The maximum Gasteiger partial charge on any atom is 0.240 e. The maximum absolute atomic E-state index is 12.6. The Hall–Kier alpha value is -1.34. The van der Waals surface area contributed by atoms with E-state index in [4.69, 9.17) is 16.0 Å². The molecule has 0 spiro atoms. The number of rotatable bonds is 6. The minimum atomic E-state index is -3.55. The molecule has 0 bridgehead atoms. The number of hydrogen-bond acceptors (Lipinski definition) is 4. The summed E-state index contributed by atoms with van der Waals surface area (Å²) in [5.41, 5.74) is 0. The third-order valence-electron chi connectivity index (χ3n) is 4.32. The fraction of sp³-hybridized carbons (Fsp3) is 0.412. The van der Waals surface area contributed by atoms with Gasteiger partial charge in [-0.3, -0.25) is 0 Å². The predicted molar refractivity (Wildman–Crippen MR) is 93.4 cm³/mol. The highest BCUT2D eigenvalue weighted by molar-refractivity contribution is 7.89. The van der Waals surface area contributed by atoms with Crippen molar-refractivity contribution < 1.29 is 12.8 Å². The molecular formula is C17H21ClN2O3S. The number of benzene rings is 1. The molecule has 0 unspecified atom stereocenters. The molecule has 0 radical (unpaired) electrons. The van der Waals surface area contributed by atoms with Crippen LogP contribution >= 0.6 is 11.6 Å². The summed E-state index contributed by atoms with van der Waals surface area (Å²) in [6.07, 6.45) is 5.51. The molecule has 1 saturated carbocycles. The van der Waals surface area contributed by atoms with Crippen molar-refractivity contribution >= 4 is 21.6 Å². The smallest absolute Gasteiger partial charge is 0.240 e. The number of furan rings is 1. The first-order valence-corrected chi connectivity index (χ1v) is 9.94. The van der Waals surface area contributed by atoms with E-state index in [9.17, 15) is 8.42 Å². The SMILES string of the molecule is O=S(=O)(N[C@H]1CCCC[C@H]1NCc1ccco1)c1ccc(Cl)cc1. The van der Waals surface area contributed by atoms with Crippen LogP contribution in [0.2, 0.25) is 5.02 Å². The van der Waals surface area contributed by atoms with Gasteiger partial charge in [0, 0.05) is 17.1 Å². The number of nitrogens with one attached hydrogen (secondary N) is 2. The average Bonchev–Trinajstić information content (AvgIpc) is 3.07. The summed E-state index contributed by atoms with van der Waals surface area (Å²) in [7, 11) is -3.55. The van der Waals surface area contributed by atoms with Crippen molar-refractivity contribution in [2.45, 2.75) is 49.2 Å². The Morgan fingerprint density at radius 1 is 1.08 bits per heavy atom. The lowest BCUT2D eigenvalue weighted by molar-refractivity contribution is 0.301. The first-order valence-electron chi connectivity index (χ1n) is 8.08. The van der Waals surface area contributed by atoms with Gasteiger partial charge in [0.15, 0.2) is 0 Å². The second kappa shape index (κ2) is 7.70. The summed E-state index contributed by atoms with van der Waals surface area (Å²) in [5, 5.41) is 3.93. The highest BCUT2D eigenvalue weighted by Gasteiger charge is 2.29. The van der Waals surface area contributed by atoms with E-state index in [0.29, 0.717) is 11.6 Å². The van der Waals surface area contributed by atoms with Crippen LogP contribution in [0.4, 0.5) is 0 Å². The lowest BCUT2D eigenvalue weighted by Gasteiger charge is -2.32. The van der Waals surface area contributed by atoms with Crippen molar-refractivity contribution in [2.75, 3.05) is 0 Å². The van der Waals surface area contributed by atoms with Crippen LogP contribution in [0.15, 0.2) is 52.0 Å². The number of hydrogen-bond donors (Lipinski definition) is 2. The van der Waals surface area contributed by atoms with Gasteiger partial charge in [-0.15, -0.1) is 0 Å². The fourth-order valence-corrected chi connectivity index (χ4v) is 4.48. The molecule has 24 heavy (non-hydrogen) atoms. The van der Waals surface area contributed by atoms with Crippen LogP contribution in [0.5, 0.6) is 0 Å². The van der Waals surface area contributed by atoms with Crippen molar-refractivity contribution in [1.82, 2.24) is 10.0 Å². The zero-order valence-corrected chi connectivity index (χ0v) is 14.8. The van der Waals surface area contributed by atoms with E-state index in [1.165, 1.54) is 12.1 Å². The molecule has 130 valence electrons. The molecule has 1 aromatic heterocycles. The van der Waals surface area contributed by atoms with E-state index in [0.717, 1.165) is 31.4 Å². The summed E-state index contributed by atoms with van der Waals surface area (Å²) in [6.45, 7) is 0.594. The molecule has 1 aliphatic carbocycles. The Kier molecular flexibility index (Phi) is 5.61. The first-order chi connectivity index (χ1) is 11.5. The van der Waals surface area contributed by atoms with Gasteiger partial charge >= 0.3 is 0 Å². The molecule has 2 atom stereocenters. The standard InChI is InChI=1S/C17H21ClN2O3S/c18-13-7-9-15(10-8-13)24(21,22)20-17-6-2-1-5-16(17)19-12-14-4-3-11-23-14/h3-4,7-11,16-17,19-20H,1-2,5-6,12H2/t16-,17+/m1/s1. The van der Waals surface area contributed by atoms with Gasteiger partial charge in [-0.05, 0) is 49.2 Å². The van der Waals surface area contributed by atoms with E-state index >= 15 is 0 Å². The molecule has 1 heterocycles. The highest BCUT2D eigenvalue weighted by Crippen LogP contribution is 2.22. The zero-order chi connectivity index (χ0) is 17.0. The lowest BCUT2D eigenvalue weighted by atomic mass is 9.91. The van der Waals surface area contributed by atoms with Gasteiger partial charge in [0.2, 0.25) is 10.0 Å². The van der Waals surface area contributed by atoms with Gasteiger partial charge in [0.25, 0.3) is 0 Å². The lowest BCUT2D eigenvalue weighted by Crippen LogP contribution is -2.51. The fourth-order valence-electron chi connectivity index (χ4n) is 3.04. The summed E-state index contributed by atoms with van der Waals surface area (Å²) >= 11 is 5.83. The van der Waals surface area contributed by atoms with Crippen LogP contribution in [-0.4, -0.2) is 20.5 Å². The molecule has 7 heteroatoms. The molecule has 1 aromatic carbocycles. The molecule has 1 aliphatic rings. The quantitative estimate of drug-likeness (QED) is 0.820. The van der Waals surface area contributed by atoms with Crippen LogP contribution in [0, 0.1) is 0 Å². The van der Waals surface area contributed by atoms with Crippen molar-refractivity contribution in [3.8, 4) is 0 Å². The minimum Gasteiger partial charge on any atom is -0.468 e. The van der Waals surface area contributed by atoms with Gasteiger partial charge in [0.1, 0.15) is 5.76 Å². The van der Waals surface area contributed by atoms with Crippen molar-refractivity contribution in [2.24, 2.45) is 0 Å². The van der Waals surface area contributed by atoms with Gasteiger partial charge in [0.05, 0.1) is 17.7 Å².